The largest absolute Gasteiger partial charge is 0.500 e. The van der Waals surface area contributed by atoms with E-state index in [0.717, 1.165) is 70.8 Å². The monoisotopic (exact) mass is 450 g/mol. The van der Waals surface area contributed by atoms with E-state index in [1.165, 1.54) is 29.3 Å². The Labute approximate surface area is 183 Å². The van der Waals surface area contributed by atoms with Crippen molar-refractivity contribution in [2.75, 3.05) is 30.9 Å². The first-order valence-electron chi connectivity index (χ1n) is 12.1. The Kier molecular flexibility index (Phi) is 18.9. The third-order valence-corrected chi connectivity index (χ3v) is 17.1. The first-order chi connectivity index (χ1) is 13.6. The minimum atomic E-state index is -2.53. The van der Waals surface area contributed by atoms with Crippen molar-refractivity contribution in [3.8, 4) is 0 Å². The minimum absolute atomic E-state index is 0.783. The summed E-state index contributed by atoms with van der Waals surface area (Å²) in [6, 6.07) is 5.25. The van der Waals surface area contributed by atoms with Crippen LogP contribution in [0.25, 0.3) is 0 Å². The molecule has 0 saturated heterocycles. The molecule has 0 heterocycles. The number of unbranched alkanes of at least 4 members (excludes halogenated alkanes) is 3. The lowest BCUT2D eigenvalue weighted by atomic mass is 10.4. The average Bonchev–Trinajstić information content (AvgIpc) is 2.72. The second kappa shape index (κ2) is 18.4. The molecule has 0 unspecified atom stereocenters. The molecule has 0 aromatic heterocycles. The second-order valence-electron chi connectivity index (χ2n) is 8.01. The summed E-state index contributed by atoms with van der Waals surface area (Å²) in [5.41, 5.74) is 0. The predicted molar refractivity (Wildman–Crippen MR) is 132 cm³/mol. The van der Waals surface area contributed by atoms with Crippen molar-refractivity contribution in [2.45, 2.75) is 111 Å². The standard InChI is InChI=1S/C22H50O3SSi2/c1-7-13-17-23-28(24-18-14-8-2,25-19-15-9-3)21-16-20-26-22-27(10-4,11-5)12-6/h7-22H2,1-6H3. The quantitative estimate of drug-likeness (QED) is 0.133. The molecule has 6 heteroatoms. The fraction of sp³-hybridized carbons (Fsp3) is 1.00. The summed E-state index contributed by atoms with van der Waals surface area (Å²) in [5.74, 6) is 1.22. The SMILES string of the molecule is CCCCO[Si](CCCSC[Si](CC)(CC)CC)(OCCCC)OCCCC. The number of thioether (sulfide) groups is 1. The molecule has 0 rings (SSSR count). The Morgan fingerprint density at radius 1 is 0.607 bits per heavy atom. The average molecular weight is 451 g/mol. The second-order valence-corrected chi connectivity index (χ2v) is 17.8. The lowest BCUT2D eigenvalue weighted by molar-refractivity contribution is 0.0562. The van der Waals surface area contributed by atoms with Gasteiger partial charge in [-0.2, -0.15) is 11.8 Å². The topological polar surface area (TPSA) is 27.7 Å². The molecule has 0 aliphatic carbocycles. The molecule has 0 spiro atoms. The number of rotatable bonds is 21. The molecule has 0 bridgehead atoms. The zero-order valence-corrected chi connectivity index (χ0v) is 22.8. The summed E-state index contributed by atoms with van der Waals surface area (Å²) in [6.45, 7) is 16.2. The number of hydrogen-bond acceptors (Lipinski definition) is 4. The lowest BCUT2D eigenvalue weighted by Crippen LogP contribution is -2.46. The molecule has 0 saturated carbocycles. The van der Waals surface area contributed by atoms with Crippen LogP contribution in [0.4, 0.5) is 0 Å². The van der Waals surface area contributed by atoms with Crippen LogP contribution >= 0.6 is 11.8 Å². The van der Waals surface area contributed by atoms with Gasteiger partial charge in [-0.05, 0) is 36.8 Å². The third kappa shape index (κ3) is 12.4. The Morgan fingerprint density at radius 2 is 1.04 bits per heavy atom. The molecule has 170 valence electrons. The highest BCUT2D eigenvalue weighted by Gasteiger charge is 2.40. The van der Waals surface area contributed by atoms with E-state index in [9.17, 15) is 0 Å². The van der Waals surface area contributed by atoms with Gasteiger partial charge >= 0.3 is 8.80 Å². The van der Waals surface area contributed by atoms with Crippen LogP contribution in [-0.2, 0) is 13.3 Å². The Bertz CT molecular complexity index is 307. The van der Waals surface area contributed by atoms with E-state index >= 15 is 0 Å². The van der Waals surface area contributed by atoms with Crippen LogP contribution in [0, 0.1) is 0 Å². The van der Waals surface area contributed by atoms with Gasteiger partial charge in [-0.25, -0.2) is 0 Å². The summed E-state index contributed by atoms with van der Waals surface area (Å²) in [6.07, 6.45) is 7.90. The fourth-order valence-electron chi connectivity index (χ4n) is 3.19. The van der Waals surface area contributed by atoms with Crippen LogP contribution in [0.5, 0.6) is 0 Å². The van der Waals surface area contributed by atoms with E-state index in [0.29, 0.717) is 0 Å². The highest BCUT2D eigenvalue weighted by Crippen LogP contribution is 2.27. The van der Waals surface area contributed by atoms with Crippen LogP contribution in [0.2, 0.25) is 24.2 Å². The first-order valence-corrected chi connectivity index (χ1v) is 18.0. The van der Waals surface area contributed by atoms with Crippen molar-refractivity contribution in [2.24, 2.45) is 0 Å². The first kappa shape index (κ1) is 28.7. The smallest absolute Gasteiger partial charge is 0.373 e. The molecule has 0 aromatic rings. The van der Waals surface area contributed by atoms with Crippen molar-refractivity contribution in [1.29, 1.82) is 0 Å². The molecule has 0 aliphatic rings. The van der Waals surface area contributed by atoms with Gasteiger partial charge in [0, 0.05) is 25.9 Å². The predicted octanol–water partition coefficient (Wildman–Crippen LogP) is 7.55. The van der Waals surface area contributed by atoms with E-state index in [4.69, 9.17) is 13.3 Å². The van der Waals surface area contributed by atoms with E-state index < -0.39 is 16.9 Å². The molecule has 0 amide bonds. The van der Waals surface area contributed by atoms with Crippen molar-refractivity contribution in [3.05, 3.63) is 0 Å². The lowest BCUT2D eigenvalue weighted by Gasteiger charge is -2.30. The van der Waals surface area contributed by atoms with Gasteiger partial charge < -0.3 is 13.3 Å². The summed E-state index contributed by atoms with van der Waals surface area (Å²) >= 11 is 2.18. The molecular weight excluding hydrogens is 400 g/mol. The van der Waals surface area contributed by atoms with Gasteiger partial charge in [0.15, 0.2) is 0 Å². The molecule has 3 nitrogen and oxygen atoms in total. The summed E-state index contributed by atoms with van der Waals surface area (Å²) in [7, 11) is -3.54. The van der Waals surface area contributed by atoms with Gasteiger partial charge in [0.05, 0.1) is 8.07 Å². The van der Waals surface area contributed by atoms with Crippen molar-refractivity contribution in [1.82, 2.24) is 0 Å². The molecule has 0 aliphatic heterocycles. The molecule has 0 radical (unpaired) electrons. The maximum Gasteiger partial charge on any atom is 0.500 e. The van der Waals surface area contributed by atoms with E-state index in [-0.39, 0.29) is 0 Å². The Morgan fingerprint density at radius 3 is 1.39 bits per heavy atom. The van der Waals surface area contributed by atoms with Crippen molar-refractivity contribution < 1.29 is 13.3 Å². The van der Waals surface area contributed by atoms with Gasteiger partial charge in [0.25, 0.3) is 0 Å². The van der Waals surface area contributed by atoms with Gasteiger partial charge in [-0.15, -0.1) is 0 Å². The van der Waals surface area contributed by atoms with Gasteiger partial charge in [-0.3, -0.25) is 0 Å². The Hall–Kier alpha value is 0.664. The van der Waals surface area contributed by atoms with Gasteiger partial charge in [-0.1, -0.05) is 78.9 Å². The number of hydrogen-bond donors (Lipinski definition) is 0. The summed E-state index contributed by atoms with van der Waals surface area (Å²) in [5, 5.41) is 1.41. The van der Waals surface area contributed by atoms with Crippen LogP contribution < -0.4 is 0 Å². The molecular formula is C22H50O3SSi2. The zero-order chi connectivity index (χ0) is 21.1. The van der Waals surface area contributed by atoms with E-state index in [1.54, 1.807) is 0 Å². The van der Waals surface area contributed by atoms with E-state index in [2.05, 4.69) is 53.3 Å². The van der Waals surface area contributed by atoms with E-state index in [1.807, 2.05) is 0 Å². The van der Waals surface area contributed by atoms with Gasteiger partial charge in [0.1, 0.15) is 0 Å². The molecule has 0 N–H and O–H groups in total. The molecule has 0 aromatic carbocycles. The van der Waals surface area contributed by atoms with Crippen LogP contribution in [0.1, 0.15) is 86.5 Å². The zero-order valence-electron chi connectivity index (χ0n) is 19.9. The Balaban J connectivity index is 4.71. The maximum atomic E-state index is 6.37. The maximum absolute atomic E-state index is 6.37. The third-order valence-electron chi connectivity index (χ3n) is 5.89. The minimum Gasteiger partial charge on any atom is -0.373 e. The van der Waals surface area contributed by atoms with Crippen molar-refractivity contribution >= 4 is 28.6 Å². The molecule has 0 fully saturated rings. The summed E-state index contributed by atoms with van der Waals surface area (Å²) < 4.78 is 19.1. The summed E-state index contributed by atoms with van der Waals surface area (Å²) in [4.78, 5) is 0. The van der Waals surface area contributed by atoms with Crippen molar-refractivity contribution in [3.63, 3.8) is 0 Å². The van der Waals surface area contributed by atoms with Crippen LogP contribution in [0.3, 0.4) is 0 Å². The molecule has 28 heavy (non-hydrogen) atoms. The van der Waals surface area contributed by atoms with Crippen LogP contribution in [-0.4, -0.2) is 47.8 Å². The highest BCUT2D eigenvalue weighted by atomic mass is 32.2. The molecule has 0 atom stereocenters. The van der Waals surface area contributed by atoms with Gasteiger partial charge in [0.2, 0.25) is 0 Å². The van der Waals surface area contributed by atoms with Crippen LogP contribution in [0.15, 0.2) is 0 Å². The fourth-order valence-corrected chi connectivity index (χ4v) is 12.7. The highest BCUT2D eigenvalue weighted by molar-refractivity contribution is 8.00. The normalized spacial score (nSPS) is 12.6.